The number of methoxy groups -OCH3 is 1. The molecule has 0 unspecified atom stereocenters. The number of halogens is 2. The van der Waals surface area contributed by atoms with E-state index in [1.54, 1.807) is 19.2 Å². The van der Waals surface area contributed by atoms with E-state index < -0.39 is 0 Å². The Morgan fingerprint density at radius 2 is 1.83 bits per heavy atom. The molecule has 0 atom stereocenters. The van der Waals surface area contributed by atoms with E-state index >= 15 is 0 Å². The van der Waals surface area contributed by atoms with Gasteiger partial charge in [0.1, 0.15) is 0 Å². The molecule has 2 rings (SSSR count). The molecule has 0 aliphatic carbocycles. The Morgan fingerprint density at radius 1 is 1.28 bits per heavy atom. The van der Waals surface area contributed by atoms with Gasteiger partial charge in [0.25, 0.3) is 0 Å². The predicted octanol–water partition coefficient (Wildman–Crippen LogP) is 3.44. The van der Waals surface area contributed by atoms with Gasteiger partial charge in [0, 0.05) is 32.5 Å². The zero-order chi connectivity index (χ0) is 13.1. The van der Waals surface area contributed by atoms with Crippen LogP contribution in [0.2, 0.25) is 10.0 Å². The van der Waals surface area contributed by atoms with Gasteiger partial charge < -0.3 is 15.4 Å². The molecule has 1 aliphatic rings. The molecule has 1 aromatic rings. The Balaban J connectivity index is 2.10. The van der Waals surface area contributed by atoms with E-state index in [1.807, 2.05) is 0 Å². The minimum Gasteiger partial charge on any atom is -0.399 e. The lowest BCUT2D eigenvalue weighted by Gasteiger charge is -2.34. The number of nitrogens with zero attached hydrogens (tertiary/aromatic N) is 1. The van der Waals surface area contributed by atoms with Gasteiger partial charge >= 0.3 is 0 Å². The van der Waals surface area contributed by atoms with Gasteiger partial charge in [-0.15, -0.1) is 0 Å². The largest absolute Gasteiger partial charge is 0.399 e. The van der Waals surface area contributed by atoms with Gasteiger partial charge in [-0.2, -0.15) is 0 Å². The highest BCUT2D eigenvalue weighted by molar-refractivity contribution is 6.39. The molecule has 0 bridgehead atoms. The lowest BCUT2D eigenvalue weighted by molar-refractivity contribution is 0.139. The van der Waals surface area contributed by atoms with Crippen LogP contribution in [0.1, 0.15) is 12.8 Å². The fraction of sp³-hybridized carbons (Fsp3) is 0.538. The summed E-state index contributed by atoms with van der Waals surface area (Å²) >= 11 is 12.5. The van der Waals surface area contributed by atoms with E-state index in [0.717, 1.165) is 38.2 Å². The smallest absolute Gasteiger partial charge is 0.0746 e. The van der Waals surface area contributed by atoms with Crippen molar-refractivity contribution >= 4 is 34.6 Å². The molecule has 1 aromatic carbocycles. The van der Waals surface area contributed by atoms with Gasteiger partial charge in [0.15, 0.2) is 0 Å². The van der Waals surface area contributed by atoms with Gasteiger partial charge in [-0.3, -0.25) is 0 Å². The van der Waals surface area contributed by atoms with Crippen LogP contribution >= 0.6 is 23.2 Å². The molecule has 2 N–H and O–H groups in total. The van der Waals surface area contributed by atoms with Crippen molar-refractivity contribution in [2.75, 3.05) is 37.4 Å². The molecule has 18 heavy (non-hydrogen) atoms. The van der Waals surface area contributed by atoms with E-state index in [2.05, 4.69) is 4.90 Å². The molecule has 0 radical (unpaired) electrons. The maximum atomic E-state index is 6.23. The lowest BCUT2D eigenvalue weighted by atomic mass is 9.97. The van der Waals surface area contributed by atoms with Crippen LogP contribution in [0.15, 0.2) is 12.1 Å². The zero-order valence-electron chi connectivity index (χ0n) is 10.5. The summed E-state index contributed by atoms with van der Waals surface area (Å²) in [6.07, 6.45) is 2.20. The highest BCUT2D eigenvalue weighted by Crippen LogP contribution is 2.37. The topological polar surface area (TPSA) is 38.5 Å². The van der Waals surface area contributed by atoms with E-state index in [-0.39, 0.29) is 0 Å². The van der Waals surface area contributed by atoms with E-state index in [4.69, 9.17) is 33.7 Å². The Kier molecular flexibility index (Phi) is 4.60. The fourth-order valence-corrected chi connectivity index (χ4v) is 3.19. The number of hydrogen-bond donors (Lipinski definition) is 1. The second-order valence-electron chi connectivity index (χ2n) is 4.72. The first-order chi connectivity index (χ1) is 8.61. The minimum absolute atomic E-state index is 0.600. The molecule has 1 heterocycles. The van der Waals surface area contributed by atoms with Gasteiger partial charge in [0.2, 0.25) is 0 Å². The number of nitrogen functional groups attached to an aromatic ring is 1. The molecule has 0 amide bonds. The van der Waals surface area contributed by atoms with Crippen LogP contribution in [0.4, 0.5) is 11.4 Å². The molecule has 0 spiro atoms. The highest BCUT2D eigenvalue weighted by Gasteiger charge is 2.22. The van der Waals surface area contributed by atoms with Crippen molar-refractivity contribution in [1.29, 1.82) is 0 Å². The third-order valence-corrected chi connectivity index (χ3v) is 3.95. The van der Waals surface area contributed by atoms with Crippen molar-refractivity contribution in [2.45, 2.75) is 12.8 Å². The average molecular weight is 289 g/mol. The van der Waals surface area contributed by atoms with E-state index in [9.17, 15) is 0 Å². The van der Waals surface area contributed by atoms with E-state index in [1.165, 1.54) is 0 Å². The summed E-state index contributed by atoms with van der Waals surface area (Å²) in [5.74, 6) is 0.637. The quantitative estimate of drug-likeness (QED) is 0.866. The van der Waals surface area contributed by atoms with Crippen molar-refractivity contribution in [3.8, 4) is 0 Å². The van der Waals surface area contributed by atoms with Gasteiger partial charge in [-0.05, 0) is 30.9 Å². The maximum Gasteiger partial charge on any atom is 0.0746 e. The molecule has 0 aromatic heterocycles. The third kappa shape index (κ3) is 3.02. The summed E-state index contributed by atoms with van der Waals surface area (Å²) in [6, 6.07) is 3.51. The maximum absolute atomic E-state index is 6.23. The molecule has 1 aliphatic heterocycles. The molecule has 1 saturated heterocycles. The lowest BCUT2D eigenvalue weighted by Crippen LogP contribution is -2.35. The monoisotopic (exact) mass is 288 g/mol. The molecule has 100 valence electrons. The van der Waals surface area contributed by atoms with Gasteiger partial charge in [0.05, 0.1) is 15.7 Å². The Labute approximate surface area is 118 Å². The SMILES string of the molecule is COCC1CCN(c2c(Cl)cc(N)cc2Cl)CC1. The highest BCUT2D eigenvalue weighted by atomic mass is 35.5. The molecule has 0 saturated carbocycles. The predicted molar refractivity (Wildman–Crippen MR) is 77.7 cm³/mol. The number of nitrogens with two attached hydrogens (primary N) is 1. The first kappa shape index (κ1) is 13.8. The van der Waals surface area contributed by atoms with Crippen LogP contribution in [0, 0.1) is 5.92 Å². The van der Waals surface area contributed by atoms with Crippen molar-refractivity contribution in [3.05, 3.63) is 22.2 Å². The number of piperidine rings is 1. The summed E-state index contributed by atoms with van der Waals surface area (Å²) in [7, 11) is 1.75. The van der Waals surface area contributed by atoms with Crippen LogP contribution in [0.5, 0.6) is 0 Å². The third-order valence-electron chi connectivity index (χ3n) is 3.37. The van der Waals surface area contributed by atoms with Crippen LogP contribution in [0.3, 0.4) is 0 Å². The summed E-state index contributed by atoms with van der Waals surface area (Å²) in [4.78, 5) is 2.23. The van der Waals surface area contributed by atoms with Crippen molar-refractivity contribution in [2.24, 2.45) is 5.92 Å². The minimum atomic E-state index is 0.600. The zero-order valence-corrected chi connectivity index (χ0v) is 12.0. The molecular weight excluding hydrogens is 271 g/mol. The first-order valence-corrected chi connectivity index (χ1v) is 6.85. The van der Waals surface area contributed by atoms with Gasteiger partial charge in [-0.1, -0.05) is 23.2 Å². The normalized spacial score (nSPS) is 17.2. The van der Waals surface area contributed by atoms with Crippen LogP contribution < -0.4 is 10.6 Å². The Bertz CT molecular complexity index is 394. The van der Waals surface area contributed by atoms with Gasteiger partial charge in [-0.25, -0.2) is 0 Å². The molecule has 3 nitrogen and oxygen atoms in total. The fourth-order valence-electron chi connectivity index (χ4n) is 2.45. The molecule has 5 heteroatoms. The summed E-state index contributed by atoms with van der Waals surface area (Å²) in [5.41, 5.74) is 7.22. The van der Waals surface area contributed by atoms with Crippen LogP contribution in [-0.4, -0.2) is 26.8 Å². The summed E-state index contributed by atoms with van der Waals surface area (Å²) in [5, 5.41) is 1.26. The number of benzene rings is 1. The van der Waals surface area contributed by atoms with Crippen LogP contribution in [0.25, 0.3) is 0 Å². The van der Waals surface area contributed by atoms with E-state index in [0.29, 0.717) is 21.7 Å². The molecule has 1 fully saturated rings. The van der Waals surface area contributed by atoms with Crippen molar-refractivity contribution in [1.82, 2.24) is 0 Å². The van der Waals surface area contributed by atoms with Crippen LogP contribution in [-0.2, 0) is 4.74 Å². The second kappa shape index (κ2) is 6.00. The average Bonchev–Trinajstić information content (AvgIpc) is 2.30. The number of ether oxygens (including phenoxy) is 1. The van der Waals surface area contributed by atoms with Crippen molar-refractivity contribution < 1.29 is 4.74 Å². The summed E-state index contributed by atoms with van der Waals surface area (Å²) < 4.78 is 5.20. The second-order valence-corrected chi connectivity index (χ2v) is 5.53. The van der Waals surface area contributed by atoms with Crippen molar-refractivity contribution in [3.63, 3.8) is 0 Å². The molecular formula is C13H18Cl2N2O. The number of hydrogen-bond acceptors (Lipinski definition) is 3. The number of rotatable bonds is 3. The standard InChI is InChI=1S/C13H18Cl2N2O/c1-18-8-9-2-4-17(5-3-9)13-11(14)6-10(16)7-12(13)15/h6-7,9H,2-5,8,16H2,1H3. The Morgan fingerprint density at radius 3 is 2.33 bits per heavy atom. The first-order valence-electron chi connectivity index (χ1n) is 6.10. The summed E-state index contributed by atoms with van der Waals surface area (Å²) in [6.45, 7) is 2.74. The number of anilines is 2. The Hall–Kier alpha value is -0.640.